The Morgan fingerprint density at radius 3 is 2.63 bits per heavy atom. The van der Waals surface area contributed by atoms with E-state index in [1.807, 2.05) is 19.1 Å². The van der Waals surface area contributed by atoms with Crippen LogP contribution in [0.5, 0.6) is 5.75 Å². The monoisotopic (exact) mass is 356 g/mol. The molecule has 0 aromatic heterocycles. The maximum absolute atomic E-state index is 11.9. The minimum atomic E-state index is -2.45. The molecule has 0 bridgehead atoms. The van der Waals surface area contributed by atoms with Gasteiger partial charge in [-0.25, -0.2) is 8.78 Å². The lowest BCUT2D eigenvalue weighted by atomic mass is 10.1. The number of methoxy groups -OCH3 is 1. The number of benzene rings is 1. The molecular formula is C13H16BrClF2O2. The van der Waals surface area contributed by atoms with Crippen LogP contribution in [0.25, 0.3) is 0 Å². The van der Waals surface area contributed by atoms with Crippen LogP contribution in [0.15, 0.2) is 16.6 Å². The van der Waals surface area contributed by atoms with E-state index in [0.29, 0.717) is 12.2 Å². The first-order valence-corrected chi connectivity index (χ1v) is 7.02. The van der Waals surface area contributed by atoms with Crippen molar-refractivity contribution >= 4 is 27.5 Å². The Balaban J connectivity index is 2.65. The van der Waals surface area contributed by atoms with Gasteiger partial charge in [-0.1, -0.05) is 15.9 Å². The Kier molecular flexibility index (Phi) is 7.04. The van der Waals surface area contributed by atoms with Gasteiger partial charge < -0.3 is 9.47 Å². The molecule has 1 atom stereocenters. The van der Waals surface area contributed by atoms with Crippen LogP contribution in [0, 0.1) is 6.92 Å². The van der Waals surface area contributed by atoms with Crippen LogP contribution in [0.2, 0.25) is 0 Å². The highest BCUT2D eigenvalue weighted by Crippen LogP contribution is 2.36. The second-order valence-electron chi connectivity index (χ2n) is 4.07. The van der Waals surface area contributed by atoms with Gasteiger partial charge in [-0.3, -0.25) is 0 Å². The second-order valence-corrected chi connectivity index (χ2v) is 5.45. The Hall–Kier alpha value is -0.390. The Bertz CT molecular complexity index is 416. The summed E-state index contributed by atoms with van der Waals surface area (Å²) >= 11 is 9.70. The first kappa shape index (κ1) is 16.7. The molecule has 0 saturated heterocycles. The SMILES string of the molecule is COc1cc(C)c(Br)cc1C(Cl)CCOCC(F)F. The fraction of sp³-hybridized carbons (Fsp3) is 0.538. The molecule has 6 heteroatoms. The van der Waals surface area contributed by atoms with E-state index < -0.39 is 13.0 Å². The maximum Gasteiger partial charge on any atom is 0.261 e. The lowest BCUT2D eigenvalue weighted by molar-refractivity contribution is 0.0165. The van der Waals surface area contributed by atoms with Gasteiger partial charge in [0.25, 0.3) is 6.43 Å². The number of alkyl halides is 3. The zero-order valence-electron chi connectivity index (χ0n) is 10.8. The molecule has 19 heavy (non-hydrogen) atoms. The van der Waals surface area contributed by atoms with Gasteiger partial charge >= 0.3 is 0 Å². The van der Waals surface area contributed by atoms with Crippen LogP contribution in [0.3, 0.4) is 0 Å². The molecule has 0 aliphatic rings. The van der Waals surface area contributed by atoms with Crippen molar-refractivity contribution in [2.45, 2.75) is 25.1 Å². The highest BCUT2D eigenvalue weighted by Gasteiger charge is 2.15. The van der Waals surface area contributed by atoms with E-state index in [0.717, 1.165) is 15.6 Å². The highest BCUT2D eigenvalue weighted by molar-refractivity contribution is 9.10. The Morgan fingerprint density at radius 1 is 1.37 bits per heavy atom. The number of hydrogen-bond acceptors (Lipinski definition) is 2. The fourth-order valence-corrected chi connectivity index (χ4v) is 2.23. The summed E-state index contributed by atoms with van der Waals surface area (Å²) in [5, 5.41) is -0.343. The summed E-state index contributed by atoms with van der Waals surface area (Å²) in [5.74, 6) is 0.689. The quantitative estimate of drug-likeness (QED) is 0.519. The first-order valence-electron chi connectivity index (χ1n) is 5.79. The summed E-state index contributed by atoms with van der Waals surface area (Å²) in [6.45, 7) is 1.58. The van der Waals surface area contributed by atoms with E-state index in [9.17, 15) is 8.78 Å². The van der Waals surface area contributed by atoms with Gasteiger partial charge in [0.1, 0.15) is 12.4 Å². The van der Waals surface area contributed by atoms with Crippen molar-refractivity contribution in [3.63, 3.8) is 0 Å². The summed E-state index contributed by atoms with van der Waals surface area (Å²) in [6.07, 6.45) is -2.00. The summed E-state index contributed by atoms with van der Waals surface area (Å²) in [6, 6.07) is 3.77. The average Bonchev–Trinajstić information content (AvgIpc) is 2.36. The average molecular weight is 358 g/mol. The summed E-state index contributed by atoms with van der Waals surface area (Å²) < 4.78 is 34.9. The van der Waals surface area contributed by atoms with Crippen molar-refractivity contribution in [3.8, 4) is 5.75 Å². The molecule has 108 valence electrons. The van der Waals surface area contributed by atoms with Crippen LogP contribution in [0.4, 0.5) is 8.78 Å². The molecule has 2 nitrogen and oxygen atoms in total. The molecule has 0 amide bonds. The zero-order valence-corrected chi connectivity index (χ0v) is 13.1. The molecule has 0 N–H and O–H groups in total. The van der Waals surface area contributed by atoms with Crippen LogP contribution in [-0.2, 0) is 4.74 Å². The van der Waals surface area contributed by atoms with Crippen LogP contribution < -0.4 is 4.74 Å². The molecular weight excluding hydrogens is 341 g/mol. The fourth-order valence-electron chi connectivity index (χ4n) is 1.61. The molecule has 0 heterocycles. The topological polar surface area (TPSA) is 18.5 Å². The second kappa shape index (κ2) is 8.02. The summed E-state index contributed by atoms with van der Waals surface area (Å²) in [7, 11) is 1.57. The predicted molar refractivity (Wildman–Crippen MR) is 75.5 cm³/mol. The molecule has 1 unspecified atom stereocenters. The number of aryl methyl sites for hydroxylation is 1. The molecule has 0 aliphatic heterocycles. The third kappa shape index (κ3) is 5.24. The first-order chi connectivity index (χ1) is 8.95. The van der Waals surface area contributed by atoms with Crippen LogP contribution in [-0.4, -0.2) is 26.7 Å². The predicted octanol–water partition coefficient (Wildman–Crippen LogP) is 4.72. The summed E-state index contributed by atoms with van der Waals surface area (Å²) in [4.78, 5) is 0. The van der Waals surface area contributed by atoms with Crippen molar-refractivity contribution in [3.05, 3.63) is 27.7 Å². The number of rotatable bonds is 7. The third-order valence-corrected chi connectivity index (χ3v) is 3.92. The molecule has 0 fully saturated rings. The highest BCUT2D eigenvalue weighted by atomic mass is 79.9. The number of hydrogen-bond donors (Lipinski definition) is 0. The van der Waals surface area contributed by atoms with E-state index in [1.54, 1.807) is 7.11 Å². The van der Waals surface area contributed by atoms with Gasteiger partial charge in [0, 0.05) is 16.6 Å². The van der Waals surface area contributed by atoms with Gasteiger partial charge in [0.2, 0.25) is 0 Å². The molecule has 0 spiro atoms. The van der Waals surface area contributed by atoms with Crippen molar-refractivity contribution in [2.24, 2.45) is 0 Å². The van der Waals surface area contributed by atoms with Crippen molar-refractivity contribution in [1.82, 2.24) is 0 Å². The standard InChI is InChI=1S/C13H16BrClF2O2/c1-8-5-12(18-2)9(6-10(8)14)11(15)3-4-19-7-13(16)17/h5-6,11,13H,3-4,7H2,1-2H3. The molecule has 1 aromatic carbocycles. The van der Waals surface area contributed by atoms with Crippen LogP contribution >= 0.6 is 27.5 Å². The Labute approximate surface area is 125 Å². The Morgan fingerprint density at radius 2 is 2.05 bits per heavy atom. The van der Waals surface area contributed by atoms with E-state index in [2.05, 4.69) is 15.9 Å². The van der Waals surface area contributed by atoms with Gasteiger partial charge in [0.05, 0.1) is 12.5 Å². The normalized spacial score (nSPS) is 12.8. The number of ether oxygens (including phenoxy) is 2. The van der Waals surface area contributed by atoms with Crippen molar-refractivity contribution in [2.75, 3.05) is 20.3 Å². The largest absolute Gasteiger partial charge is 0.496 e. The molecule has 0 radical (unpaired) electrons. The molecule has 0 saturated carbocycles. The molecule has 0 aliphatic carbocycles. The van der Waals surface area contributed by atoms with E-state index in [4.69, 9.17) is 21.1 Å². The van der Waals surface area contributed by atoms with E-state index >= 15 is 0 Å². The molecule has 1 rings (SSSR count). The smallest absolute Gasteiger partial charge is 0.261 e. The van der Waals surface area contributed by atoms with Gasteiger partial charge in [-0.05, 0) is 31.0 Å². The third-order valence-electron chi connectivity index (χ3n) is 2.61. The van der Waals surface area contributed by atoms with Crippen molar-refractivity contribution < 1.29 is 18.3 Å². The van der Waals surface area contributed by atoms with Gasteiger partial charge in [0.15, 0.2) is 0 Å². The van der Waals surface area contributed by atoms with Gasteiger partial charge in [-0.15, -0.1) is 11.6 Å². The maximum atomic E-state index is 11.9. The lowest BCUT2D eigenvalue weighted by Crippen LogP contribution is -2.07. The van der Waals surface area contributed by atoms with E-state index in [-0.39, 0.29) is 12.0 Å². The van der Waals surface area contributed by atoms with E-state index in [1.165, 1.54) is 0 Å². The minimum Gasteiger partial charge on any atom is -0.496 e. The van der Waals surface area contributed by atoms with Crippen molar-refractivity contribution in [1.29, 1.82) is 0 Å². The zero-order chi connectivity index (χ0) is 14.4. The summed E-state index contributed by atoms with van der Waals surface area (Å²) in [5.41, 5.74) is 1.86. The number of halogens is 4. The van der Waals surface area contributed by atoms with Gasteiger partial charge in [-0.2, -0.15) is 0 Å². The van der Waals surface area contributed by atoms with Crippen LogP contribution in [0.1, 0.15) is 22.9 Å². The lowest BCUT2D eigenvalue weighted by Gasteiger charge is -2.16. The minimum absolute atomic E-state index is 0.188. The molecule has 1 aromatic rings.